The topological polar surface area (TPSA) is 86.7 Å². The van der Waals surface area contributed by atoms with E-state index in [1.165, 1.54) is 43.5 Å². The van der Waals surface area contributed by atoms with Gasteiger partial charge in [-0.3, -0.25) is 4.55 Å². The van der Waals surface area contributed by atoms with Gasteiger partial charge < -0.3 is 9.84 Å². The van der Waals surface area contributed by atoms with E-state index in [0.29, 0.717) is 6.42 Å². The Morgan fingerprint density at radius 2 is 1.63 bits per heavy atom. The molecule has 1 N–H and O–H groups in total. The van der Waals surface area contributed by atoms with Gasteiger partial charge in [0.15, 0.2) is 0 Å². The van der Waals surface area contributed by atoms with Gasteiger partial charge in [0.1, 0.15) is 16.4 Å². The van der Waals surface area contributed by atoms with Gasteiger partial charge in [-0.05, 0) is 30.5 Å². The number of aryl methyl sites for hydroxylation is 1. The molecule has 0 aliphatic carbocycles. The van der Waals surface area contributed by atoms with Crippen molar-refractivity contribution >= 4 is 10.1 Å². The zero-order chi connectivity index (χ0) is 19.0. The summed E-state index contributed by atoms with van der Waals surface area (Å²) in [5.41, 5.74) is 0.748. The molecule has 0 saturated heterocycles. The molecule has 0 saturated carbocycles. The maximum absolute atomic E-state index is 12.2. The van der Waals surface area contributed by atoms with Crippen molar-refractivity contribution < 1.29 is 52.4 Å². The maximum Gasteiger partial charge on any atom is 1.00 e. The quantitative estimate of drug-likeness (QED) is 0.373. The summed E-state index contributed by atoms with van der Waals surface area (Å²) in [5.74, 6) is -0.238. The van der Waals surface area contributed by atoms with Crippen molar-refractivity contribution in [2.45, 2.75) is 56.8 Å². The van der Waals surface area contributed by atoms with Crippen molar-refractivity contribution in [3.8, 4) is 17.2 Å². The molecule has 0 unspecified atom stereocenters. The molecule has 0 atom stereocenters. The summed E-state index contributed by atoms with van der Waals surface area (Å²) in [4.78, 5) is -0.353. The minimum absolute atomic E-state index is 0. The van der Waals surface area contributed by atoms with Gasteiger partial charge in [0.05, 0.1) is 0 Å². The summed E-state index contributed by atoms with van der Waals surface area (Å²) < 4.78 is 38.0. The smallest absolute Gasteiger partial charge is 0.870 e. The van der Waals surface area contributed by atoms with E-state index < -0.39 is 10.1 Å². The van der Waals surface area contributed by atoms with E-state index in [2.05, 4.69) is 6.92 Å². The van der Waals surface area contributed by atoms with Gasteiger partial charge in [-0.1, -0.05) is 75.1 Å². The van der Waals surface area contributed by atoms with Gasteiger partial charge >= 0.3 is 29.6 Å². The summed E-state index contributed by atoms with van der Waals surface area (Å²) in [7, 11) is -4.44. The first kappa shape index (κ1) is 24.0. The van der Waals surface area contributed by atoms with E-state index >= 15 is 0 Å². The fraction of sp³-hybridized carbons (Fsp3) is 0.400. The molecule has 0 aliphatic rings. The third-order valence-electron chi connectivity index (χ3n) is 4.20. The van der Waals surface area contributed by atoms with Crippen molar-refractivity contribution in [1.29, 1.82) is 0 Å². The third-order valence-corrected chi connectivity index (χ3v) is 5.09. The monoisotopic (exact) mass is 400 g/mol. The number of ether oxygens (including phenoxy) is 1. The number of unbranched alkanes of at least 4 members (excludes halogenated alkanes) is 5. The Hall–Kier alpha value is -1.05. The molecule has 5 nitrogen and oxygen atoms in total. The molecule has 0 aromatic heterocycles. The molecule has 27 heavy (non-hydrogen) atoms. The Bertz CT molecular complexity index is 821. The van der Waals surface area contributed by atoms with Crippen LogP contribution in [-0.2, 0) is 16.5 Å². The van der Waals surface area contributed by atoms with Crippen LogP contribution in [0, 0.1) is 0 Å². The normalized spacial score (nSPS) is 11.0. The summed E-state index contributed by atoms with van der Waals surface area (Å²) >= 11 is 0. The van der Waals surface area contributed by atoms with Crippen molar-refractivity contribution in [2.75, 3.05) is 0 Å². The molecule has 0 amide bonds. The SMILES string of the molecule is CCCCCCCCc1cccc([O-])c1Oc1ccccc1S(=O)(=O)O.[Na+]. The predicted molar refractivity (Wildman–Crippen MR) is 99.3 cm³/mol. The van der Waals surface area contributed by atoms with Gasteiger partial charge in [0.2, 0.25) is 0 Å². The van der Waals surface area contributed by atoms with E-state index in [1.807, 2.05) is 6.07 Å². The van der Waals surface area contributed by atoms with Crippen LogP contribution in [0.4, 0.5) is 0 Å². The van der Waals surface area contributed by atoms with Crippen LogP contribution in [0.3, 0.4) is 0 Å². The first-order valence-electron chi connectivity index (χ1n) is 8.96. The number of rotatable bonds is 10. The van der Waals surface area contributed by atoms with Crippen molar-refractivity contribution in [2.24, 2.45) is 0 Å². The molecule has 2 aromatic rings. The van der Waals surface area contributed by atoms with Crippen LogP contribution < -0.4 is 39.4 Å². The Morgan fingerprint density at radius 1 is 0.963 bits per heavy atom. The van der Waals surface area contributed by atoms with Crippen LogP contribution in [-0.4, -0.2) is 13.0 Å². The molecule has 0 fully saturated rings. The average Bonchev–Trinajstić information content (AvgIpc) is 2.60. The molecule has 0 bridgehead atoms. The van der Waals surface area contributed by atoms with Crippen LogP contribution in [0.25, 0.3) is 0 Å². The minimum atomic E-state index is -4.44. The Balaban J connectivity index is 0.00000364. The summed E-state index contributed by atoms with van der Waals surface area (Å²) in [6.45, 7) is 2.17. The van der Waals surface area contributed by atoms with Crippen molar-refractivity contribution in [3.63, 3.8) is 0 Å². The molecule has 0 heterocycles. The molecule has 0 radical (unpaired) electrons. The molecule has 7 heteroatoms. The van der Waals surface area contributed by atoms with E-state index in [4.69, 9.17) is 4.74 Å². The van der Waals surface area contributed by atoms with Crippen LogP contribution in [0.5, 0.6) is 17.2 Å². The van der Waals surface area contributed by atoms with E-state index in [1.54, 1.807) is 12.1 Å². The largest absolute Gasteiger partial charge is 1.00 e. The molecular formula is C20H25NaO5S. The number of benzene rings is 2. The van der Waals surface area contributed by atoms with Crippen LogP contribution in [0.15, 0.2) is 47.4 Å². The fourth-order valence-electron chi connectivity index (χ4n) is 2.83. The van der Waals surface area contributed by atoms with Crippen molar-refractivity contribution in [1.82, 2.24) is 0 Å². The summed E-state index contributed by atoms with van der Waals surface area (Å²) in [6, 6.07) is 10.6. The first-order chi connectivity index (χ1) is 12.4. The molecule has 0 aliphatic heterocycles. The second kappa shape index (κ2) is 11.7. The van der Waals surface area contributed by atoms with Crippen molar-refractivity contribution in [3.05, 3.63) is 48.0 Å². The van der Waals surface area contributed by atoms with Gasteiger partial charge in [-0.2, -0.15) is 8.42 Å². The average molecular weight is 400 g/mol. The summed E-state index contributed by atoms with van der Waals surface area (Å²) in [6.07, 6.45) is 7.50. The predicted octanol–water partition coefficient (Wildman–Crippen LogP) is 1.71. The molecule has 0 spiro atoms. The Kier molecular flexibility index (Phi) is 10.4. The van der Waals surface area contributed by atoms with Gasteiger partial charge in [-0.25, -0.2) is 0 Å². The first-order valence-corrected chi connectivity index (χ1v) is 10.4. The minimum Gasteiger partial charge on any atom is -0.870 e. The van der Waals surface area contributed by atoms with Crippen LogP contribution >= 0.6 is 0 Å². The second-order valence-electron chi connectivity index (χ2n) is 6.29. The molecular weight excluding hydrogens is 375 g/mol. The molecule has 142 valence electrons. The number of para-hydroxylation sites is 2. The maximum atomic E-state index is 12.2. The summed E-state index contributed by atoms with van der Waals surface area (Å²) in [5, 5.41) is 12.2. The van der Waals surface area contributed by atoms with Crippen LogP contribution in [0.2, 0.25) is 0 Å². The fourth-order valence-corrected chi connectivity index (χ4v) is 3.44. The second-order valence-corrected chi connectivity index (χ2v) is 7.68. The van der Waals surface area contributed by atoms with Gasteiger partial charge in [0, 0.05) is 0 Å². The third kappa shape index (κ3) is 7.47. The number of hydrogen-bond acceptors (Lipinski definition) is 4. The van der Waals surface area contributed by atoms with Crippen LogP contribution in [0.1, 0.15) is 51.0 Å². The standard InChI is InChI=1S/C20H26O5S.Na/c1-2-3-4-5-6-7-11-16-12-10-13-17(21)20(16)25-18-14-8-9-15-19(18)26(22,23)24;/h8-10,12-15,21H,2-7,11H2,1H3,(H,22,23,24);/q;+1/p-1. The van der Waals surface area contributed by atoms with E-state index in [-0.39, 0.29) is 51.7 Å². The molecule has 2 aromatic carbocycles. The zero-order valence-electron chi connectivity index (χ0n) is 16.0. The zero-order valence-corrected chi connectivity index (χ0v) is 18.8. The Morgan fingerprint density at radius 3 is 2.33 bits per heavy atom. The Labute approximate surface area is 183 Å². The van der Waals surface area contributed by atoms with E-state index in [0.717, 1.165) is 24.8 Å². The van der Waals surface area contributed by atoms with Gasteiger partial charge in [0.25, 0.3) is 10.1 Å². The number of hydrogen-bond donors (Lipinski definition) is 1. The molecule has 2 rings (SSSR count). The van der Waals surface area contributed by atoms with Gasteiger partial charge in [-0.15, -0.1) is 0 Å². The van der Waals surface area contributed by atoms with E-state index in [9.17, 15) is 18.1 Å².